The summed E-state index contributed by atoms with van der Waals surface area (Å²) < 4.78 is 60.7. The highest BCUT2D eigenvalue weighted by atomic mass is 32.2. The Kier molecular flexibility index (Phi) is 8.07. The number of nitrogens with one attached hydrogen (secondary N) is 2. The number of rotatable bonds is 11. The molecule has 0 amide bonds. The summed E-state index contributed by atoms with van der Waals surface area (Å²) in [5, 5.41) is 31.2. The molecule has 0 fully saturated rings. The summed E-state index contributed by atoms with van der Waals surface area (Å²) in [5.41, 5.74) is -1.19. The van der Waals surface area contributed by atoms with Crippen molar-refractivity contribution in [1.29, 1.82) is 0 Å². The molecular formula is C25H18N4O11S2. The summed E-state index contributed by atoms with van der Waals surface area (Å²) in [4.78, 5) is 31.6. The van der Waals surface area contributed by atoms with Gasteiger partial charge in [-0.3, -0.25) is 29.7 Å². The van der Waals surface area contributed by atoms with Crippen LogP contribution in [0, 0.1) is 20.2 Å². The van der Waals surface area contributed by atoms with Crippen molar-refractivity contribution >= 4 is 48.8 Å². The first-order valence-corrected chi connectivity index (χ1v) is 14.4. The van der Waals surface area contributed by atoms with Crippen molar-refractivity contribution in [3.63, 3.8) is 0 Å². The number of carboxylic acid groups (broad SMARTS) is 1. The highest BCUT2D eigenvalue weighted by Crippen LogP contribution is 2.30. The van der Waals surface area contributed by atoms with Crippen molar-refractivity contribution in [2.24, 2.45) is 0 Å². The third-order valence-corrected chi connectivity index (χ3v) is 8.30. The zero-order valence-corrected chi connectivity index (χ0v) is 22.5. The van der Waals surface area contributed by atoms with E-state index >= 15 is 0 Å². The second kappa shape index (κ2) is 11.5. The van der Waals surface area contributed by atoms with Gasteiger partial charge in [0, 0.05) is 30.0 Å². The van der Waals surface area contributed by atoms with Crippen LogP contribution >= 0.6 is 0 Å². The molecule has 216 valence electrons. The molecule has 42 heavy (non-hydrogen) atoms. The number of hydrogen-bond donors (Lipinski definition) is 3. The van der Waals surface area contributed by atoms with Crippen molar-refractivity contribution < 1.29 is 41.3 Å². The first-order chi connectivity index (χ1) is 19.7. The predicted molar refractivity (Wildman–Crippen MR) is 148 cm³/mol. The lowest BCUT2D eigenvalue weighted by Gasteiger charge is -2.13. The van der Waals surface area contributed by atoms with Gasteiger partial charge in [0.25, 0.3) is 31.4 Å². The van der Waals surface area contributed by atoms with Crippen molar-refractivity contribution in [2.75, 3.05) is 9.44 Å². The second-order valence-electron chi connectivity index (χ2n) is 8.35. The molecule has 0 saturated carbocycles. The van der Waals surface area contributed by atoms with E-state index in [1.807, 2.05) is 0 Å². The van der Waals surface area contributed by atoms with E-state index < -0.39 is 41.4 Å². The molecule has 0 radical (unpaired) electrons. The van der Waals surface area contributed by atoms with Crippen molar-refractivity contribution in [3.8, 4) is 11.5 Å². The number of ether oxygens (including phenoxy) is 1. The van der Waals surface area contributed by atoms with Crippen molar-refractivity contribution in [3.05, 3.63) is 117 Å². The smallest absolute Gasteiger partial charge is 0.337 e. The Bertz CT molecular complexity index is 1890. The molecule has 0 aliphatic heterocycles. The zero-order valence-electron chi connectivity index (χ0n) is 20.9. The molecule has 4 aromatic carbocycles. The fourth-order valence-electron chi connectivity index (χ4n) is 3.49. The molecular weight excluding hydrogens is 596 g/mol. The fraction of sp³-hybridized carbons (Fsp3) is 0. The number of aromatic carboxylic acids is 1. The van der Waals surface area contributed by atoms with Crippen LogP contribution in [0.3, 0.4) is 0 Å². The van der Waals surface area contributed by atoms with Crippen LogP contribution in [0.5, 0.6) is 11.5 Å². The van der Waals surface area contributed by atoms with E-state index in [-0.39, 0.29) is 44.0 Å². The first-order valence-electron chi connectivity index (χ1n) is 11.4. The highest BCUT2D eigenvalue weighted by Gasteiger charge is 2.21. The number of nitro benzene ring substituents is 2. The zero-order chi connectivity index (χ0) is 30.7. The molecule has 15 nitrogen and oxygen atoms in total. The van der Waals surface area contributed by atoms with Gasteiger partial charge in [-0.1, -0.05) is 0 Å². The molecule has 0 spiro atoms. The molecule has 0 aromatic heterocycles. The van der Waals surface area contributed by atoms with Crippen LogP contribution in [0.2, 0.25) is 0 Å². The quantitative estimate of drug-likeness (QED) is 0.156. The summed E-state index contributed by atoms with van der Waals surface area (Å²) >= 11 is 0. The van der Waals surface area contributed by atoms with Crippen LogP contribution in [0.25, 0.3) is 0 Å². The topological polar surface area (TPSA) is 225 Å². The summed E-state index contributed by atoms with van der Waals surface area (Å²) in [6.07, 6.45) is 0. The number of sulfonamides is 2. The van der Waals surface area contributed by atoms with E-state index in [9.17, 15) is 47.0 Å². The Labute approximate surface area is 237 Å². The molecule has 0 aliphatic rings. The third-order valence-electron chi connectivity index (χ3n) is 5.52. The molecule has 0 saturated heterocycles. The Morgan fingerprint density at radius 1 is 0.667 bits per heavy atom. The van der Waals surface area contributed by atoms with Gasteiger partial charge in [0.15, 0.2) is 0 Å². The van der Waals surface area contributed by atoms with Gasteiger partial charge in [-0.15, -0.1) is 0 Å². The van der Waals surface area contributed by atoms with Crippen LogP contribution in [0.15, 0.2) is 101 Å². The number of non-ortho nitro benzene ring substituents is 2. The number of nitrogens with zero attached hydrogens (tertiary/aromatic N) is 2. The molecule has 0 aliphatic carbocycles. The van der Waals surface area contributed by atoms with Gasteiger partial charge in [0.2, 0.25) is 0 Å². The van der Waals surface area contributed by atoms with Gasteiger partial charge in [-0.2, -0.15) is 0 Å². The molecule has 0 bridgehead atoms. The fourth-order valence-corrected chi connectivity index (χ4v) is 5.63. The maximum atomic E-state index is 12.7. The standard InChI is InChI=1S/C25H18N4O11S2/c30-25(31)23-15-20(9-14-24(23)27-42(38,39)22-12-5-18(6-13-22)29(34)35)40-19-7-1-16(2-8-19)26-41(36,37)21-10-3-17(4-11-21)28(32)33/h1-15,26-27H,(H,30,31). The van der Waals surface area contributed by atoms with Gasteiger partial charge in [0.05, 0.1) is 30.9 Å². The van der Waals surface area contributed by atoms with E-state index in [0.29, 0.717) is 0 Å². The third kappa shape index (κ3) is 6.77. The largest absolute Gasteiger partial charge is 0.478 e. The molecule has 0 unspecified atom stereocenters. The van der Waals surface area contributed by atoms with E-state index in [4.69, 9.17) is 4.74 Å². The maximum absolute atomic E-state index is 12.7. The molecule has 0 heterocycles. The monoisotopic (exact) mass is 614 g/mol. The van der Waals surface area contributed by atoms with Gasteiger partial charge in [0.1, 0.15) is 11.5 Å². The molecule has 0 atom stereocenters. The molecule has 17 heteroatoms. The van der Waals surface area contributed by atoms with Crippen molar-refractivity contribution in [1.82, 2.24) is 0 Å². The predicted octanol–water partition coefficient (Wildman–Crippen LogP) is 4.60. The number of anilines is 2. The summed E-state index contributed by atoms with van der Waals surface area (Å²) in [5.74, 6) is -1.27. The van der Waals surface area contributed by atoms with Crippen LogP contribution in [0.4, 0.5) is 22.7 Å². The normalized spacial score (nSPS) is 11.3. The van der Waals surface area contributed by atoms with E-state index in [2.05, 4.69) is 9.44 Å². The number of hydrogen-bond acceptors (Lipinski definition) is 10. The van der Waals surface area contributed by atoms with Crippen LogP contribution in [0.1, 0.15) is 10.4 Å². The SMILES string of the molecule is O=C(O)c1cc(Oc2ccc(NS(=O)(=O)c3ccc([N+](=O)[O-])cc3)cc2)ccc1NS(=O)(=O)c1ccc([N+](=O)[O-])cc1. The van der Waals surface area contributed by atoms with E-state index in [0.717, 1.165) is 60.7 Å². The summed E-state index contributed by atoms with van der Waals surface area (Å²) in [7, 11) is -8.35. The van der Waals surface area contributed by atoms with Crippen molar-refractivity contribution in [2.45, 2.75) is 9.79 Å². The summed E-state index contributed by atoms with van der Waals surface area (Å²) in [6, 6.07) is 17.3. The number of nitro groups is 2. The minimum atomic E-state index is -4.29. The number of carbonyl (C=O) groups is 1. The second-order valence-corrected chi connectivity index (χ2v) is 11.7. The van der Waals surface area contributed by atoms with Gasteiger partial charge in [-0.05, 0) is 66.7 Å². The van der Waals surface area contributed by atoms with Crippen LogP contribution in [-0.2, 0) is 20.0 Å². The van der Waals surface area contributed by atoms with E-state index in [1.54, 1.807) is 0 Å². The average molecular weight is 615 g/mol. The summed E-state index contributed by atoms with van der Waals surface area (Å²) in [6.45, 7) is 0. The molecule has 4 rings (SSSR count). The Balaban J connectivity index is 1.48. The molecule has 3 N–H and O–H groups in total. The highest BCUT2D eigenvalue weighted by molar-refractivity contribution is 7.93. The lowest BCUT2D eigenvalue weighted by Crippen LogP contribution is -2.15. The maximum Gasteiger partial charge on any atom is 0.337 e. The first kappa shape index (κ1) is 29.4. The van der Waals surface area contributed by atoms with Gasteiger partial charge < -0.3 is 9.84 Å². The van der Waals surface area contributed by atoms with E-state index in [1.165, 1.54) is 30.3 Å². The minimum Gasteiger partial charge on any atom is -0.478 e. The van der Waals surface area contributed by atoms with Gasteiger partial charge in [-0.25, -0.2) is 21.6 Å². The number of benzene rings is 4. The van der Waals surface area contributed by atoms with Crippen LogP contribution in [-0.4, -0.2) is 37.8 Å². The molecule has 4 aromatic rings. The Hall–Kier alpha value is -5.55. The van der Waals surface area contributed by atoms with Gasteiger partial charge >= 0.3 is 5.97 Å². The Morgan fingerprint density at radius 3 is 1.57 bits per heavy atom. The minimum absolute atomic E-state index is 0.0184. The number of carboxylic acids is 1. The lowest BCUT2D eigenvalue weighted by atomic mass is 10.2. The Morgan fingerprint density at radius 2 is 1.12 bits per heavy atom. The van der Waals surface area contributed by atoms with Crippen LogP contribution < -0.4 is 14.2 Å². The lowest BCUT2D eigenvalue weighted by molar-refractivity contribution is -0.385. The average Bonchev–Trinajstić information content (AvgIpc) is 2.94.